The lowest BCUT2D eigenvalue weighted by Gasteiger charge is -2.07. The number of hydrogen-bond acceptors (Lipinski definition) is 3. The fourth-order valence-electron chi connectivity index (χ4n) is 1.18. The van der Waals surface area contributed by atoms with E-state index in [1.54, 1.807) is 26.0 Å². The van der Waals surface area contributed by atoms with Crippen molar-refractivity contribution in [2.45, 2.75) is 13.8 Å². The Bertz CT molecular complexity index is 435. The van der Waals surface area contributed by atoms with E-state index in [0.717, 1.165) is 5.56 Å². The van der Waals surface area contributed by atoms with Crippen molar-refractivity contribution in [1.82, 2.24) is 0 Å². The Labute approximate surface area is 93.2 Å². The van der Waals surface area contributed by atoms with Gasteiger partial charge in [0, 0.05) is 0 Å². The first-order valence-corrected chi connectivity index (χ1v) is 4.86. The van der Waals surface area contributed by atoms with Crippen LogP contribution in [-0.4, -0.2) is 12.6 Å². The average Bonchev–Trinajstić information content (AvgIpc) is 2.22. The third-order valence-electron chi connectivity index (χ3n) is 1.94. The average molecular weight is 224 g/mol. The van der Waals surface area contributed by atoms with Crippen molar-refractivity contribution in [3.8, 4) is 6.07 Å². The van der Waals surface area contributed by atoms with Crippen LogP contribution in [0.3, 0.4) is 0 Å². The molecule has 0 N–H and O–H groups in total. The highest BCUT2D eigenvalue weighted by Crippen LogP contribution is 2.24. The van der Waals surface area contributed by atoms with Crippen LogP contribution in [0.1, 0.15) is 28.4 Å². The van der Waals surface area contributed by atoms with Crippen LogP contribution < -0.4 is 0 Å². The summed E-state index contributed by atoms with van der Waals surface area (Å²) in [6, 6.07) is 5.18. The third-order valence-corrected chi connectivity index (χ3v) is 2.42. The molecule has 1 aromatic carbocycles. The molecule has 0 amide bonds. The molecule has 0 radical (unpaired) electrons. The summed E-state index contributed by atoms with van der Waals surface area (Å²) in [5, 5.41) is 9.12. The minimum Gasteiger partial charge on any atom is -0.462 e. The lowest BCUT2D eigenvalue weighted by atomic mass is 10.1. The minimum atomic E-state index is -0.553. The van der Waals surface area contributed by atoms with Crippen molar-refractivity contribution < 1.29 is 9.53 Å². The molecule has 0 aromatic heterocycles. The normalized spacial score (nSPS) is 9.47. The first-order chi connectivity index (χ1) is 7.11. The maximum absolute atomic E-state index is 11.5. The number of nitriles is 1. The quantitative estimate of drug-likeness (QED) is 0.725. The number of benzene rings is 1. The van der Waals surface area contributed by atoms with Gasteiger partial charge in [-0.2, -0.15) is 5.26 Å². The van der Waals surface area contributed by atoms with E-state index in [0.29, 0.717) is 0 Å². The molecule has 0 aliphatic heterocycles. The molecule has 0 unspecified atom stereocenters. The highest BCUT2D eigenvalue weighted by atomic mass is 35.5. The van der Waals surface area contributed by atoms with Gasteiger partial charge in [-0.15, -0.1) is 0 Å². The van der Waals surface area contributed by atoms with Crippen LogP contribution in [0, 0.1) is 18.3 Å². The van der Waals surface area contributed by atoms with Gasteiger partial charge in [-0.3, -0.25) is 0 Å². The van der Waals surface area contributed by atoms with Gasteiger partial charge in [0.05, 0.1) is 22.8 Å². The van der Waals surface area contributed by atoms with Gasteiger partial charge in [-0.1, -0.05) is 17.7 Å². The highest BCUT2D eigenvalue weighted by molar-refractivity contribution is 6.34. The Hall–Kier alpha value is -1.53. The van der Waals surface area contributed by atoms with E-state index in [4.69, 9.17) is 21.6 Å². The zero-order valence-corrected chi connectivity index (χ0v) is 9.26. The Morgan fingerprint density at radius 3 is 2.80 bits per heavy atom. The third kappa shape index (κ3) is 2.28. The second-order valence-corrected chi connectivity index (χ2v) is 3.33. The van der Waals surface area contributed by atoms with Gasteiger partial charge in [-0.05, 0) is 25.5 Å². The van der Waals surface area contributed by atoms with E-state index >= 15 is 0 Å². The van der Waals surface area contributed by atoms with Crippen LogP contribution in [0.4, 0.5) is 0 Å². The summed E-state index contributed by atoms with van der Waals surface area (Å²) in [6.07, 6.45) is 0. The smallest absolute Gasteiger partial charge is 0.341 e. The van der Waals surface area contributed by atoms with Gasteiger partial charge < -0.3 is 4.74 Å². The Balaban J connectivity index is 3.31. The zero-order chi connectivity index (χ0) is 11.4. The number of nitrogens with zero attached hydrogens (tertiary/aromatic N) is 1. The Morgan fingerprint density at radius 2 is 2.27 bits per heavy atom. The predicted molar refractivity (Wildman–Crippen MR) is 56.9 cm³/mol. The van der Waals surface area contributed by atoms with E-state index in [9.17, 15) is 4.79 Å². The lowest BCUT2D eigenvalue weighted by Crippen LogP contribution is -2.08. The summed E-state index contributed by atoms with van der Waals surface area (Å²) in [5.41, 5.74) is 1.14. The number of hydrogen-bond donors (Lipinski definition) is 0. The monoisotopic (exact) mass is 223 g/mol. The van der Waals surface area contributed by atoms with E-state index < -0.39 is 5.97 Å². The zero-order valence-electron chi connectivity index (χ0n) is 8.50. The summed E-state index contributed by atoms with van der Waals surface area (Å²) in [4.78, 5) is 11.5. The van der Waals surface area contributed by atoms with E-state index in [2.05, 4.69) is 0 Å². The predicted octanol–water partition coefficient (Wildman–Crippen LogP) is 2.70. The number of halogens is 1. The number of rotatable bonds is 2. The molecule has 3 nitrogen and oxygen atoms in total. The lowest BCUT2D eigenvalue weighted by molar-refractivity contribution is 0.0526. The summed E-state index contributed by atoms with van der Waals surface area (Å²) in [7, 11) is 0. The molecule has 0 heterocycles. The molecule has 0 aliphatic carbocycles. The molecule has 0 fully saturated rings. The van der Waals surface area contributed by atoms with Crippen molar-refractivity contribution >= 4 is 17.6 Å². The van der Waals surface area contributed by atoms with Gasteiger partial charge in [-0.25, -0.2) is 4.79 Å². The molecular weight excluding hydrogens is 214 g/mol. The maximum atomic E-state index is 11.5. The molecule has 0 aliphatic rings. The second kappa shape index (κ2) is 4.81. The van der Waals surface area contributed by atoms with E-state index in [1.807, 2.05) is 6.07 Å². The molecule has 0 atom stereocenters. The van der Waals surface area contributed by atoms with Gasteiger partial charge in [0.2, 0.25) is 0 Å². The Kier molecular flexibility index (Phi) is 3.70. The largest absolute Gasteiger partial charge is 0.462 e. The number of aryl methyl sites for hydroxylation is 1. The summed E-state index contributed by atoms with van der Waals surface area (Å²) >= 11 is 5.96. The Morgan fingerprint density at radius 1 is 1.60 bits per heavy atom. The van der Waals surface area contributed by atoms with Crippen LogP contribution in [-0.2, 0) is 4.74 Å². The van der Waals surface area contributed by atoms with Crippen molar-refractivity contribution in [3.05, 3.63) is 33.8 Å². The second-order valence-electron chi connectivity index (χ2n) is 2.95. The fraction of sp³-hybridized carbons (Fsp3) is 0.273. The molecule has 1 rings (SSSR count). The first kappa shape index (κ1) is 11.5. The van der Waals surface area contributed by atoms with E-state index in [1.165, 1.54) is 0 Å². The number of carbonyl (C=O) groups is 1. The van der Waals surface area contributed by atoms with Crippen molar-refractivity contribution in [1.29, 1.82) is 5.26 Å². The number of ether oxygens (including phenoxy) is 1. The maximum Gasteiger partial charge on any atom is 0.341 e. The van der Waals surface area contributed by atoms with Crippen LogP contribution in [0.5, 0.6) is 0 Å². The van der Waals surface area contributed by atoms with Gasteiger partial charge in [0.15, 0.2) is 0 Å². The summed E-state index contributed by atoms with van der Waals surface area (Å²) in [6.45, 7) is 3.73. The van der Waals surface area contributed by atoms with Crippen LogP contribution in [0.15, 0.2) is 12.1 Å². The molecule has 1 aromatic rings. The highest BCUT2D eigenvalue weighted by Gasteiger charge is 2.18. The number of esters is 1. The molecule has 4 heteroatoms. The molecule has 15 heavy (non-hydrogen) atoms. The van der Waals surface area contributed by atoms with Gasteiger partial charge in [0.1, 0.15) is 6.07 Å². The SMILES string of the molecule is CCOC(=O)c1c(C#N)ccc(C)c1Cl. The molecule has 0 spiro atoms. The van der Waals surface area contributed by atoms with Gasteiger partial charge >= 0.3 is 5.97 Å². The van der Waals surface area contributed by atoms with Crippen molar-refractivity contribution in [2.24, 2.45) is 0 Å². The van der Waals surface area contributed by atoms with Crippen LogP contribution in [0.25, 0.3) is 0 Å². The topological polar surface area (TPSA) is 50.1 Å². The van der Waals surface area contributed by atoms with E-state index in [-0.39, 0.29) is 22.8 Å². The molecule has 0 saturated carbocycles. The molecule has 0 bridgehead atoms. The van der Waals surface area contributed by atoms with Gasteiger partial charge in [0.25, 0.3) is 0 Å². The number of carbonyl (C=O) groups excluding carboxylic acids is 1. The minimum absolute atomic E-state index is 0.154. The summed E-state index contributed by atoms with van der Waals surface area (Å²) in [5.74, 6) is -0.553. The molecular formula is C11H10ClNO2. The first-order valence-electron chi connectivity index (χ1n) is 4.48. The van der Waals surface area contributed by atoms with Crippen LogP contribution >= 0.6 is 11.6 Å². The molecule has 78 valence electrons. The fourth-order valence-corrected chi connectivity index (χ4v) is 1.42. The van der Waals surface area contributed by atoms with Crippen molar-refractivity contribution in [2.75, 3.05) is 6.61 Å². The molecule has 0 saturated heterocycles. The van der Waals surface area contributed by atoms with Crippen LogP contribution in [0.2, 0.25) is 5.02 Å². The van der Waals surface area contributed by atoms with Crippen molar-refractivity contribution in [3.63, 3.8) is 0 Å². The standard InChI is InChI=1S/C11H10ClNO2/c1-3-15-11(14)9-8(6-13)5-4-7(2)10(9)12/h4-5H,3H2,1-2H3. The summed E-state index contributed by atoms with van der Waals surface area (Å²) < 4.78 is 4.83.